The van der Waals surface area contributed by atoms with E-state index in [1.807, 2.05) is 30.3 Å². The Bertz CT molecular complexity index is 693. The van der Waals surface area contributed by atoms with Crippen molar-refractivity contribution >= 4 is 23.6 Å². The summed E-state index contributed by atoms with van der Waals surface area (Å²) in [7, 11) is 0. The van der Waals surface area contributed by atoms with Crippen molar-refractivity contribution in [2.75, 3.05) is 5.32 Å². The van der Waals surface area contributed by atoms with E-state index in [0.29, 0.717) is 0 Å². The second kappa shape index (κ2) is 6.38. The van der Waals surface area contributed by atoms with Crippen molar-refractivity contribution in [3.63, 3.8) is 0 Å². The molecule has 0 fully saturated rings. The van der Waals surface area contributed by atoms with Gasteiger partial charge in [-0.2, -0.15) is 0 Å². The molecule has 0 radical (unpaired) electrons. The Balaban J connectivity index is 2.17. The molecule has 0 unspecified atom stereocenters. The zero-order valence-corrected chi connectivity index (χ0v) is 11.0. The minimum Gasteiger partial charge on any atom is -0.506 e. The first-order valence-electron chi connectivity index (χ1n) is 6.17. The topological polar surface area (TPSA) is 86.6 Å². The van der Waals surface area contributed by atoms with Gasteiger partial charge >= 0.3 is 5.97 Å². The zero-order chi connectivity index (χ0) is 15.2. The van der Waals surface area contributed by atoms with Gasteiger partial charge < -0.3 is 15.5 Å². The highest BCUT2D eigenvalue weighted by Gasteiger charge is 2.14. The van der Waals surface area contributed by atoms with Gasteiger partial charge in [0.15, 0.2) is 0 Å². The molecule has 0 bridgehead atoms. The minimum absolute atomic E-state index is 0.118. The summed E-state index contributed by atoms with van der Waals surface area (Å²) in [5, 5.41) is 21.1. The second-order valence-electron chi connectivity index (χ2n) is 4.24. The van der Waals surface area contributed by atoms with Gasteiger partial charge in [-0.25, -0.2) is 4.79 Å². The first kappa shape index (κ1) is 14.3. The number of carbonyl (C=O) groups excluding carboxylic acids is 1. The first-order valence-corrected chi connectivity index (χ1v) is 6.17. The highest BCUT2D eigenvalue weighted by Crippen LogP contribution is 2.27. The van der Waals surface area contributed by atoms with Crippen molar-refractivity contribution in [3.05, 3.63) is 65.7 Å². The van der Waals surface area contributed by atoms with E-state index in [0.717, 1.165) is 5.56 Å². The Morgan fingerprint density at radius 1 is 1.00 bits per heavy atom. The molecule has 1 amide bonds. The van der Waals surface area contributed by atoms with Gasteiger partial charge in [0.1, 0.15) is 5.75 Å². The number of phenols is 1. The lowest BCUT2D eigenvalue weighted by Gasteiger charge is -2.08. The standard InChI is InChI=1S/C16H13NO4/c18-13-8-4-7-12(16(20)21)15(13)17-14(19)10-9-11-5-2-1-3-6-11/h1-10,18H,(H,17,19)(H,20,21). The van der Waals surface area contributed by atoms with Crippen molar-refractivity contribution in [1.29, 1.82) is 0 Å². The van der Waals surface area contributed by atoms with Crippen molar-refractivity contribution in [2.45, 2.75) is 0 Å². The molecule has 21 heavy (non-hydrogen) atoms. The number of carboxylic acid groups (broad SMARTS) is 1. The molecule has 2 aromatic carbocycles. The third-order valence-electron chi connectivity index (χ3n) is 2.75. The number of benzene rings is 2. The van der Waals surface area contributed by atoms with Crippen LogP contribution in [0.25, 0.3) is 6.08 Å². The fourth-order valence-electron chi connectivity index (χ4n) is 1.75. The van der Waals surface area contributed by atoms with Crippen molar-refractivity contribution in [1.82, 2.24) is 0 Å². The molecule has 5 nitrogen and oxygen atoms in total. The third kappa shape index (κ3) is 3.70. The molecular formula is C16H13NO4. The third-order valence-corrected chi connectivity index (χ3v) is 2.75. The van der Waals surface area contributed by atoms with E-state index in [2.05, 4.69) is 5.32 Å². The fraction of sp³-hybridized carbons (Fsp3) is 0. The van der Waals surface area contributed by atoms with Gasteiger partial charge in [0, 0.05) is 6.08 Å². The van der Waals surface area contributed by atoms with Gasteiger partial charge in [0.25, 0.3) is 0 Å². The Morgan fingerprint density at radius 2 is 1.71 bits per heavy atom. The molecule has 0 spiro atoms. The molecule has 2 aromatic rings. The number of para-hydroxylation sites is 1. The molecule has 5 heteroatoms. The van der Waals surface area contributed by atoms with E-state index in [4.69, 9.17) is 5.11 Å². The van der Waals surface area contributed by atoms with Crippen LogP contribution in [-0.4, -0.2) is 22.1 Å². The number of phenolic OH excluding ortho intramolecular Hbond substituents is 1. The molecule has 0 saturated heterocycles. The number of aromatic hydroxyl groups is 1. The molecule has 0 saturated carbocycles. The lowest BCUT2D eigenvalue weighted by atomic mass is 10.1. The molecule has 2 rings (SSSR count). The number of anilines is 1. The smallest absolute Gasteiger partial charge is 0.337 e. The molecule has 106 valence electrons. The number of carboxylic acids is 1. The van der Waals surface area contributed by atoms with Crippen LogP contribution in [-0.2, 0) is 4.79 Å². The molecule has 0 aliphatic heterocycles. The average molecular weight is 283 g/mol. The van der Waals surface area contributed by atoms with Gasteiger partial charge in [0.2, 0.25) is 5.91 Å². The summed E-state index contributed by atoms with van der Waals surface area (Å²) in [4.78, 5) is 22.9. The van der Waals surface area contributed by atoms with Gasteiger partial charge in [-0.3, -0.25) is 4.79 Å². The Morgan fingerprint density at radius 3 is 2.38 bits per heavy atom. The van der Waals surface area contributed by atoms with Crippen LogP contribution in [0.5, 0.6) is 5.75 Å². The van der Waals surface area contributed by atoms with E-state index in [-0.39, 0.29) is 17.0 Å². The normalized spacial score (nSPS) is 10.5. The summed E-state index contributed by atoms with van der Waals surface area (Å²) in [5.41, 5.74) is 0.549. The van der Waals surface area contributed by atoms with E-state index in [1.165, 1.54) is 24.3 Å². The van der Waals surface area contributed by atoms with Crippen LogP contribution in [0.15, 0.2) is 54.6 Å². The zero-order valence-electron chi connectivity index (χ0n) is 11.0. The van der Waals surface area contributed by atoms with Crippen molar-refractivity contribution < 1.29 is 19.8 Å². The number of hydrogen-bond acceptors (Lipinski definition) is 3. The summed E-state index contributed by atoms with van der Waals surface area (Å²) in [6.07, 6.45) is 2.86. The molecule has 0 aliphatic carbocycles. The Hall–Kier alpha value is -3.08. The van der Waals surface area contributed by atoms with E-state index < -0.39 is 11.9 Å². The highest BCUT2D eigenvalue weighted by atomic mass is 16.4. The van der Waals surface area contributed by atoms with Crippen LogP contribution in [0.2, 0.25) is 0 Å². The van der Waals surface area contributed by atoms with E-state index in [1.54, 1.807) is 6.08 Å². The van der Waals surface area contributed by atoms with Crippen molar-refractivity contribution in [3.8, 4) is 5.75 Å². The maximum Gasteiger partial charge on any atom is 0.337 e. The van der Waals surface area contributed by atoms with Gasteiger partial charge in [-0.15, -0.1) is 0 Å². The highest BCUT2D eigenvalue weighted by molar-refractivity contribution is 6.07. The van der Waals surface area contributed by atoms with Gasteiger partial charge in [-0.1, -0.05) is 36.4 Å². The number of carbonyl (C=O) groups is 2. The van der Waals surface area contributed by atoms with Crippen LogP contribution in [0.4, 0.5) is 5.69 Å². The van der Waals surface area contributed by atoms with Gasteiger partial charge in [-0.05, 0) is 23.8 Å². The molecule has 0 heterocycles. The van der Waals surface area contributed by atoms with Crippen LogP contribution < -0.4 is 5.32 Å². The summed E-state index contributed by atoms with van der Waals surface area (Å²) in [5.74, 6) is -2.05. The van der Waals surface area contributed by atoms with E-state index in [9.17, 15) is 14.7 Å². The lowest BCUT2D eigenvalue weighted by molar-refractivity contribution is -0.111. The van der Waals surface area contributed by atoms with E-state index >= 15 is 0 Å². The number of rotatable bonds is 4. The predicted octanol–water partition coefficient (Wildman–Crippen LogP) is 2.74. The monoisotopic (exact) mass is 283 g/mol. The van der Waals surface area contributed by atoms with Crippen LogP contribution in [0.3, 0.4) is 0 Å². The summed E-state index contributed by atoms with van der Waals surface area (Å²) < 4.78 is 0. The number of amides is 1. The first-order chi connectivity index (χ1) is 10.1. The van der Waals surface area contributed by atoms with Crippen LogP contribution in [0, 0.1) is 0 Å². The average Bonchev–Trinajstić information content (AvgIpc) is 2.48. The largest absolute Gasteiger partial charge is 0.506 e. The minimum atomic E-state index is -1.23. The summed E-state index contributed by atoms with van der Waals surface area (Å²) in [6, 6.07) is 13.2. The molecule has 0 aromatic heterocycles. The fourth-order valence-corrected chi connectivity index (χ4v) is 1.75. The Labute approximate surface area is 121 Å². The quantitative estimate of drug-likeness (QED) is 0.595. The number of nitrogens with one attached hydrogen (secondary N) is 1. The SMILES string of the molecule is O=C(C=Cc1ccccc1)Nc1c(O)cccc1C(=O)O. The van der Waals surface area contributed by atoms with Crippen LogP contribution in [0.1, 0.15) is 15.9 Å². The van der Waals surface area contributed by atoms with Crippen molar-refractivity contribution in [2.24, 2.45) is 0 Å². The lowest BCUT2D eigenvalue weighted by Crippen LogP contribution is -2.12. The Kier molecular flexibility index (Phi) is 4.36. The maximum atomic E-state index is 11.8. The molecule has 0 aliphatic rings. The maximum absolute atomic E-state index is 11.8. The predicted molar refractivity (Wildman–Crippen MR) is 79.2 cm³/mol. The van der Waals surface area contributed by atoms with Crippen LogP contribution >= 0.6 is 0 Å². The van der Waals surface area contributed by atoms with Gasteiger partial charge in [0.05, 0.1) is 11.3 Å². The molecule has 0 atom stereocenters. The number of hydrogen-bond donors (Lipinski definition) is 3. The number of aromatic carboxylic acids is 1. The second-order valence-corrected chi connectivity index (χ2v) is 4.24. The summed E-state index contributed by atoms with van der Waals surface area (Å²) >= 11 is 0. The summed E-state index contributed by atoms with van der Waals surface area (Å²) in [6.45, 7) is 0. The molecular weight excluding hydrogens is 270 g/mol. The molecule has 3 N–H and O–H groups in total.